The minimum atomic E-state index is -0.656. The third kappa shape index (κ3) is 2.38. The van der Waals surface area contributed by atoms with Crippen molar-refractivity contribution in [2.75, 3.05) is 13.2 Å². The number of ether oxygens (including phenoxy) is 2. The van der Waals surface area contributed by atoms with Crippen LogP contribution >= 0.6 is 27.3 Å². The number of benzene rings is 1. The Morgan fingerprint density at radius 2 is 1.84 bits per heavy atom. The summed E-state index contributed by atoms with van der Waals surface area (Å²) in [5.41, 5.74) is 2.83. The molecule has 0 aliphatic carbocycles. The fourth-order valence-electron chi connectivity index (χ4n) is 2.11. The Balaban J connectivity index is 2.03. The Morgan fingerprint density at radius 3 is 2.47 bits per heavy atom. The molecular weight excluding hydrogens is 328 g/mol. The maximum absolute atomic E-state index is 10.5. The molecule has 1 unspecified atom stereocenters. The normalized spacial score (nSPS) is 15.3. The van der Waals surface area contributed by atoms with Crippen LogP contribution in [0.3, 0.4) is 0 Å². The van der Waals surface area contributed by atoms with Crippen molar-refractivity contribution in [1.29, 1.82) is 0 Å². The van der Waals surface area contributed by atoms with Gasteiger partial charge in [-0.05, 0) is 40.9 Å². The zero-order valence-electron chi connectivity index (χ0n) is 10.4. The number of hydrogen-bond donors (Lipinski definition) is 1. The summed E-state index contributed by atoms with van der Waals surface area (Å²) >= 11 is 5.09. The van der Waals surface area contributed by atoms with Crippen LogP contribution in [0.5, 0.6) is 11.5 Å². The number of aliphatic hydroxyl groups excluding tert-OH is 1. The smallest absolute Gasteiger partial charge is 0.162 e. The molecule has 2 heterocycles. The van der Waals surface area contributed by atoms with E-state index in [-0.39, 0.29) is 0 Å². The Hall–Kier alpha value is -1.04. The van der Waals surface area contributed by atoms with Crippen molar-refractivity contribution in [3.05, 3.63) is 44.1 Å². The van der Waals surface area contributed by atoms with E-state index < -0.39 is 6.10 Å². The molecule has 1 atom stereocenters. The van der Waals surface area contributed by atoms with E-state index in [4.69, 9.17) is 9.47 Å². The van der Waals surface area contributed by atoms with Crippen LogP contribution in [0.25, 0.3) is 0 Å². The molecule has 1 aromatic heterocycles. The first-order chi connectivity index (χ1) is 9.16. The summed E-state index contributed by atoms with van der Waals surface area (Å²) in [6.45, 7) is 3.10. The summed E-state index contributed by atoms with van der Waals surface area (Å²) in [5.74, 6) is 1.41. The van der Waals surface area contributed by atoms with Gasteiger partial charge in [0.25, 0.3) is 0 Å². The standard InChI is InChI=1S/C14H13BrO3S/c1-8-6-19-7-10(8)14(16)9-4-12-13(5-11(9)15)18-3-2-17-12/h4-7,14,16H,2-3H2,1H3. The van der Waals surface area contributed by atoms with Gasteiger partial charge in [0.05, 0.1) is 0 Å². The summed E-state index contributed by atoms with van der Waals surface area (Å²) in [6.07, 6.45) is -0.656. The van der Waals surface area contributed by atoms with Gasteiger partial charge in [-0.25, -0.2) is 0 Å². The second-order valence-electron chi connectivity index (χ2n) is 4.43. The predicted molar refractivity (Wildman–Crippen MR) is 78.2 cm³/mol. The minimum Gasteiger partial charge on any atom is -0.486 e. The van der Waals surface area contributed by atoms with E-state index in [2.05, 4.69) is 15.9 Å². The van der Waals surface area contributed by atoms with E-state index in [9.17, 15) is 5.11 Å². The molecule has 0 radical (unpaired) electrons. The average Bonchev–Trinajstić information content (AvgIpc) is 2.83. The lowest BCUT2D eigenvalue weighted by Crippen LogP contribution is -2.16. The van der Waals surface area contributed by atoms with Gasteiger partial charge in [0, 0.05) is 10.0 Å². The van der Waals surface area contributed by atoms with E-state index in [0.29, 0.717) is 19.0 Å². The molecule has 1 aliphatic rings. The fourth-order valence-corrected chi connectivity index (χ4v) is 3.52. The molecule has 100 valence electrons. The average molecular weight is 341 g/mol. The molecular formula is C14H13BrO3S. The molecule has 0 saturated carbocycles. The van der Waals surface area contributed by atoms with Crippen molar-refractivity contribution in [2.45, 2.75) is 13.0 Å². The van der Waals surface area contributed by atoms with Crippen LogP contribution in [0.2, 0.25) is 0 Å². The topological polar surface area (TPSA) is 38.7 Å². The van der Waals surface area contributed by atoms with Crippen LogP contribution < -0.4 is 9.47 Å². The van der Waals surface area contributed by atoms with Crippen LogP contribution in [-0.2, 0) is 0 Å². The summed E-state index contributed by atoms with van der Waals surface area (Å²) in [4.78, 5) is 0. The van der Waals surface area contributed by atoms with Gasteiger partial charge in [-0.15, -0.1) is 0 Å². The van der Waals surface area contributed by atoms with Crippen LogP contribution in [0.15, 0.2) is 27.4 Å². The molecule has 0 saturated heterocycles. The van der Waals surface area contributed by atoms with Crippen molar-refractivity contribution >= 4 is 27.3 Å². The van der Waals surface area contributed by atoms with Crippen LogP contribution in [-0.4, -0.2) is 18.3 Å². The SMILES string of the molecule is Cc1cscc1C(O)c1cc2c(cc1Br)OCCO2. The highest BCUT2D eigenvalue weighted by Crippen LogP contribution is 2.40. The van der Waals surface area contributed by atoms with Gasteiger partial charge < -0.3 is 14.6 Å². The predicted octanol–water partition coefficient (Wildman–Crippen LogP) is 3.67. The highest BCUT2D eigenvalue weighted by molar-refractivity contribution is 9.10. The van der Waals surface area contributed by atoms with Gasteiger partial charge in [0.15, 0.2) is 11.5 Å². The molecule has 0 bridgehead atoms. The number of fused-ring (bicyclic) bond motifs is 1. The van der Waals surface area contributed by atoms with Crippen LogP contribution in [0.4, 0.5) is 0 Å². The maximum Gasteiger partial charge on any atom is 0.162 e. The number of aliphatic hydroxyl groups is 1. The second-order valence-corrected chi connectivity index (χ2v) is 6.03. The van der Waals surface area contributed by atoms with Crippen LogP contribution in [0.1, 0.15) is 22.8 Å². The quantitative estimate of drug-likeness (QED) is 0.906. The lowest BCUT2D eigenvalue weighted by Gasteiger charge is -2.21. The molecule has 0 fully saturated rings. The van der Waals surface area contributed by atoms with E-state index in [1.54, 1.807) is 11.3 Å². The molecule has 1 aromatic carbocycles. The van der Waals surface area contributed by atoms with Gasteiger partial charge in [-0.1, -0.05) is 15.9 Å². The third-order valence-electron chi connectivity index (χ3n) is 3.15. The summed E-state index contributed by atoms with van der Waals surface area (Å²) < 4.78 is 11.9. The van der Waals surface area contributed by atoms with E-state index in [1.165, 1.54) is 0 Å². The first-order valence-corrected chi connectivity index (χ1v) is 7.70. The van der Waals surface area contributed by atoms with Gasteiger partial charge in [-0.3, -0.25) is 0 Å². The number of aryl methyl sites for hydroxylation is 1. The first-order valence-electron chi connectivity index (χ1n) is 5.96. The largest absolute Gasteiger partial charge is 0.486 e. The molecule has 0 spiro atoms. The molecule has 0 amide bonds. The van der Waals surface area contributed by atoms with Crippen LogP contribution in [0, 0.1) is 6.92 Å². The molecule has 5 heteroatoms. The number of hydrogen-bond acceptors (Lipinski definition) is 4. The monoisotopic (exact) mass is 340 g/mol. The number of halogens is 1. The molecule has 3 nitrogen and oxygen atoms in total. The molecule has 1 aliphatic heterocycles. The summed E-state index contributed by atoms with van der Waals surface area (Å²) in [5, 5.41) is 14.5. The summed E-state index contributed by atoms with van der Waals surface area (Å²) in [6, 6.07) is 3.70. The zero-order valence-corrected chi connectivity index (χ0v) is 12.8. The Morgan fingerprint density at radius 1 is 1.16 bits per heavy atom. The van der Waals surface area contributed by atoms with Crippen molar-refractivity contribution in [3.63, 3.8) is 0 Å². The molecule has 19 heavy (non-hydrogen) atoms. The lowest BCUT2D eigenvalue weighted by atomic mass is 10.0. The Labute approximate surface area is 123 Å². The van der Waals surface area contributed by atoms with Gasteiger partial charge in [-0.2, -0.15) is 11.3 Å². The van der Waals surface area contributed by atoms with Gasteiger partial charge in [0.2, 0.25) is 0 Å². The lowest BCUT2D eigenvalue weighted by molar-refractivity contribution is 0.169. The van der Waals surface area contributed by atoms with Crippen molar-refractivity contribution in [3.8, 4) is 11.5 Å². The fraction of sp³-hybridized carbons (Fsp3) is 0.286. The summed E-state index contributed by atoms with van der Waals surface area (Å²) in [7, 11) is 0. The van der Waals surface area contributed by atoms with Crippen molar-refractivity contribution in [2.24, 2.45) is 0 Å². The molecule has 2 aromatic rings. The highest BCUT2D eigenvalue weighted by atomic mass is 79.9. The Bertz CT molecular complexity index is 609. The third-order valence-corrected chi connectivity index (χ3v) is 4.71. The van der Waals surface area contributed by atoms with Gasteiger partial charge in [0.1, 0.15) is 19.3 Å². The van der Waals surface area contributed by atoms with E-state index in [1.807, 2.05) is 29.8 Å². The Kier molecular flexibility index (Phi) is 3.52. The van der Waals surface area contributed by atoms with E-state index in [0.717, 1.165) is 26.9 Å². The number of thiophene rings is 1. The first kappa shape index (κ1) is 13.0. The maximum atomic E-state index is 10.5. The van der Waals surface area contributed by atoms with Crippen molar-refractivity contribution in [1.82, 2.24) is 0 Å². The van der Waals surface area contributed by atoms with E-state index >= 15 is 0 Å². The molecule has 3 rings (SSSR count). The van der Waals surface area contributed by atoms with Gasteiger partial charge >= 0.3 is 0 Å². The minimum absolute atomic E-state index is 0.543. The second kappa shape index (κ2) is 5.15. The molecule has 1 N–H and O–H groups in total. The number of rotatable bonds is 2. The zero-order chi connectivity index (χ0) is 13.4. The van der Waals surface area contributed by atoms with Crippen molar-refractivity contribution < 1.29 is 14.6 Å². The highest BCUT2D eigenvalue weighted by Gasteiger charge is 2.21.